The van der Waals surface area contributed by atoms with E-state index in [0.29, 0.717) is 11.4 Å². The van der Waals surface area contributed by atoms with Gasteiger partial charge in [-0.2, -0.15) is 0 Å². The molecule has 3 heterocycles. The Labute approximate surface area is 160 Å². The van der Waals surface area contributed by atoms with Gasteiger partial charge in [0.1, 0.15) is 29.1 Å². The maximum absolute atomic E-state index is 13.6. The quantitative estimate of drug-likeness (QED) is 0.580. The molecule has 0 atom stereocenters. The molecule has 2 aromatic heterocycles. The zero-order valence-electron chi connectivity index (χ0n) is 15.4. The molecule has 2 aromatic carbocycles. The van der Waals surface area contributed by atoms with Gasteiger partial charge in [0.25, 0.3) is 0 Å². The second kappa shape index (κ2) is 6.45. The summed E-state index contributed by atoms with van der Waals surface area (Å²) < 4.78 is 19.1. The van der Waals surface area contributed by atoms with E-state index in [1.807, 2.05) is 6.07 Å². The van der Waals surface area contributed by atoms with E-state index in [-0.39, 0.29) is 16.4 Å². The third-order valence-electron chi connectivity index (χ3n) is 5.32. The molecule has 1 fully saturated rings. The van der Waals surface area contributed by atoms with Crippen LogP contribution in [0.15, 0.2) is 51.9 Å². The van der Waals surface area contributed by atoms with Crippen molar-refractivity contribution in [3.05, 3.63) is 58.7 Å². The third kappa shape index (κ3) is 2.84. The molecule has 0 saturated carbocycles. The van der Waals surface area contributed by atoms with Gasteiger partial charge in [-0.3, -0.25) is 4.79 Å². The summed E-state index contributed by atoms with van der Waals surface area (Å²) >= 11 is 0. The summed E-state index contributed by atoms with van der Waals surface area (Å²) in [7, 11) is 2.13. The molecule has 0 unspecified atom stereocenters. The average Bonchev–Trinajstić information content (AvgIpc) is 3.12. The van der Waals surface area contributed by atoms with Crippen molar-refractivity contribution in [1.82, 2.24) is 14.9 Å². The molecule has 1 aliphatic heterocycles. The van der Waals surface area contributed by atoms with Crippen LogP contribution in [-0.2, 0) is 0 Å². The van der Waals surface area contributed by atoms with Gasteiger partial charge in [-0.05, 0) is 43.4 Å². The van der Waals surface area contributed by atoms with Crippen molar-refractivity contribution in [2.24, 2.45) is 0 Å². The number of benzene rings is 2. The van der Waals surface area contributed by atoms with Crippen molar-refractivity contribution in [2.45, 2.75) is 0 Å². The fourth-order valence-corrected chi connectivity index (χ4v) is 3.65. The predicted octanol–water partition coefficient (Wildman–Crippen LogP) is 3.23. The van der Waals surface area contributed by atoms with Crippen molar-refractivity contribution >= 4 is 27.7 Å². The highest BCUT2D eigenvalue weighted by atomic mass is 19.1. The Hall–Kier alpha value is -3.19. The Bertz CT molecular complexity index is 1240. The van der Waals surface area contributed by atoms with E-state index in [1.54, 1.807) is 0 Å². The number of fused-ring (bicyclic) bond motifs is 2. The fraction of sp³-hybridized carbons (Fsp3) is 0.238. The van der Waals surface area contributed by atoms with E-state index in [9.17, 15) is 9.18 Å². The first-order valence-electron chi connectivity index (χ1n) is 9.23. The molecule has 1 saturated heterocycles. The van der Waals surface area contributed by atoms with Crippen LogP contribution in [0.1, 0.15) is 0 Å². The molecule has 7 heteroatoms. The van der Waals surface area contributed by atoms with Crippen molar-refractivity contribution in [1.29, 1.82) is 0 Å². The SMILES string of the molecule is CN1CCN(c2ccc3nc(-c4coc5ccc(F)cc5c4=O)[nH]c3c2)CC1. The van der Waals surface area contributed by atoms with Crippen molar-refractivity contribution in [3.8, 4) is 11.4 Å². The molecule has 142 valence electrons. The number of aromatic amines is 1. The Balaban J connectivity index is 1.56. The number of aromatic nitrogens is 2. The van der Waals surface area contributed by atoms with Crippen LogP contribution in [0.25, 0.3) is 33.4 Å². The summed E-state index contributed by atoms with van der Waals surface area (Å²) in [5, 5.41) is 0.205. The number of nitrogens with zero attached hydrogens (tertiary/aromatic N) is 3. The molecule has 0 amide bonds. The van der Waals surface area contributed by atoms with Gasteiger partial charge in [0.05, 0.1) is 16.4 Å². The van der Waals surface area contributed by atoms with Crippen LogP contribution in [0.4, 0.5) is 10.1 Å². The lowest BCUT2D eigenvalue weighted by molar-refractivity contribution is 0.313. The second-order valence-corrected chi connectivity index (χ2v) is 7.20. The van der Waals surface area contributed by atoms with E-state index in [4.69, 9.17) is 4.42 Å². The standard InChI is InChI=1S/C21H19FN4O2/c1-25-6-8-26(9-7-25)14-3-4-17-18(11-14)24-21(23-17)16-12-28-19-5-2-13(22)10-15(19)20(16)27/h2-5,10-12H,6-9H2,1H3,(H,23,24). The molecular weight excluding hydrogens is 359 g/mol. The lowest BCUT2D eigenvalue weighted by atomic mass is 10.1. The van der Waals surface area contributed by atoms with Crippen LogP contribution in [0, 0.1) is 5.82 Å². The highest BCUT2D eigenvalue weighted by Gasteiger charge is 2.17. The summed E-state index contributed by atoms with van der Waals surface area (Å²) in [6, 6.07) is 9.98. The van der Waals surface area contributed by atoms with Crippen LogP contribution in [0.3, 0.4) is 0 Å². The number of likely N-dealkylation sites (N-methyl/N-ethyl adjacent to an activating group) is 1. The molecule has 28 heavy (non-hydrogen) atoms. The van der Waals surface area contributed by atoms with E-state index >= 15 is 0 Å². The first-order valence-corrected chi connectivity index (χ1v) is 9.23. The van der Waals surface area contributed by atoms with E-state index in [0.717, 1.165) is 42.9 Å². The molecule has 0 bridgehead atoms. The highest BCUT2D eigenvalue weighted by Crippen LogP contribution is 2.25. The van der Waals surface area contributed by atoms with Crippen LogP contribution in [0.5, 0.6) is 0 Å². The minimum absolute atomic E-state index is 0.205. The molecule has 6 nitrogen and oxygen atoms in total. The molecule has 0 spiro atoms. The number of piperazine rings is 1. The lowest BCUT2D eigenvalue weighted by Crippen LogP contribution is -2.44. The first-order chi connectivity index (χ1) is 13.6. The number of rotatable bonds is 2. The number of halogens is 1. The Kier molecular flexibility index (Phi) is 3.91. The maximum Gasteiger partial charge on any atom is 0.203 e. The molecule has 4 aromatic rings. The van der Waals surface area contributed by atoms with Crippen molar-refractivity contribution < 1.29 is 8.81 Å². The number of imidazole rings is 1. The molecule has 1 aliphatic rings. The molecule has 5 rings (SSSR count). The summed E-state index contributed by atoms with van der Waals surface area (Å²) in [5.41, 5.74) is 3.08. The predicted molar refractivity (Wildman–Crippen MR) is 107 cm³/mol. The van der Waals surface area contributed by atoms with Crippen LogP contribution in [0.2, 0.25) is 0 Å². The number of hydrogen-bond acceptors (Lipinski definition) is 5. The van der Waals surface area contributed by atoms with Crippen molar-refractivity contribution in [3.63, 3.8) is 0 Å². The van der Waals surface area contributed by atoms with Crippen LogP contribution in [-0.4, -0.2) is 48.1 Å². The number of anilines is 1. The molecule has 0 radical (unpaired) electrons. The molecular formula is C21H19FN4O2. The van der Waals surface area contributed by atoms with Gasteiger partial charge in [-0.15, -0.1) is 0 Å². The molecule has 1 N–H and O–H groups in total. The smallest absolute Gasteiger partial charge is 0.203 e. The van der Waals surface area contributed by atoms with Crippen LogP contribution >= 0.6 is 0 Å². The number of nitrogens with one attached hydrogen (secondary N) is 1. The minimum atomic E-state index is -0.474. The van der Waals surface area contributed by atoms with Crippen molar-refractivity contribution in [2.75, 3.05) is 38.1 Å². The third-order valence-corrected chi connectivity index (χ3v) is 5.32. The van der Waals surface area contributed by atoms with Gasteiger partial charge < -0.3 is 19.2 Å². The van der Waals surface area contributed by atoms with Gasteiger partial charge in [-0.1, -0.05) is 0 Å². The van der Waals surface area contributed by atoms with Gasteiger partial charge in [0, 0.05) is 31.9 Å². The van der Waals surface area contributed by atoms with Gasteiger partial charge >= 0.3 is 0 Å². The lowest BCUT2D eigenvalue weighted by Gasteiger charge is -2.34. The highest BCUT2D eigenvalue weighted by molar-refractivity contribution is 5.85. The second-order valence-electron chi connectivity index (χ2n) is 7.20. The zero-order valence-corrected chi connectivity index (χ0v) is 15.4. The van der Waals surface area contributed by atoms with Crippen LogP contribution < -0.4 is 10.3 Å². The van der Waals surface area contributed by atoms with Gasteiger partial charge in [0.2, 0.25) is 5.43 Å². The normalized spacial score (nSPS) is 15.6. The average molecular weight is 378 g/mol. The fourth-order valence-electron chi connectivity index (χ4n) is 3.65. The van der Waals surface area contributed by atoms with Gasteiger partial charge in [0.15, 0.2) is 0 Å². The Morgan fingerprint density at radius 1 is 1.11 bits per heavy atom. The zero-order chi connectivity index (χ0) is 19.3. The Morgan fingerprint density at radius 3 is 2.75 bits per heavy atom. The molecule has 0 aliphatic carbocycles. The van der Waals surface area contributed by atoms with Gasteiger partial charge in [-0.25, -0.2) is 9.37 Å². The minimum Gasteiger partial charge on any atom is -0.463 e. The monoisotopic (exact) mass is 378 g/mol. The first kappa shape index (κ1) is 16.9. The summed E-state index contributed by atoms with van der Waals surface area (Å²) in [4.78, 5) is 25.2. The summed E-state index contributed by atoms with van der Waals surface area (Å²) in [6.07, 6.45) is 1.38. The maximum atomic E-state index is 13.6. The van der Waals surface area contributed by atoms with E-state index in [1.165, 1.54) is 24.5 Å². The number of H-pyrrole nitrogens is 1. The largest absolute Gasteiger partial charge is 0.463 e. The van der Waals surface area contributed by atoms with E-state index < -0.39 is 5.82 Å². The Morgan fingerprint density at radius 2 is 1.93 bits per heavy atom. The summed E-state index contributed by atoms with van der Waals surface area (Å²) in [5.74, 6) is -0.0520. The summed E-state index contributed by atoms with van der Waals surface area (Å²) in [6.45, 7) is 4.01. The topological polar surface area (TPSA) is 65.4 Å². The number of hydrogen-bond donors (Lipinski definition) is 1. The van der Waals surface area contributed by atoms with E-state index in [2.05, 4.69) is 38.9 Å².